The first-order valence-corrected chi connectivity index (χ1v) is 5.16. The van der Waals surface area contributed by atoms with Crippen LogP contribution in [-0.4, -0.2) is 23.9 Å². The Morgan fingerprint density at radius 1 is 1.44 bits per heavy atom. The molecule has 0 saturated carbocycles. The predicted octanol–water partition coefficient (Wildman–Crippen LogP) is 1.13. The molecule has 4 heteroatoms. The lowest BCUT2D eigenvalue weighted by molar-refractivity contribution is -0.158. The highest BCUT2D eigenvalue weighted by Gasteiger charge is 2.44. The van der Waals surface area contributed by atoms with Gasteiger partial charge < -0.3 is 15.2 Å². The summed E-state index contributed by atoms with van der Waals surface area (Å²) in [7, 11) is 1.27. The molecule has 0 radical (unpaired) electrons. The lowest BCUT2D eigenvalue weighted by Crippen LogP contribution is -2.45. The van der Waals surface area contributed by atoms with Gasteiger partial charge in [-0.25, -0.2) is 4.79 Å². The largest absolute Gasteiger partial charge is 0.465 e. The number of hydrogen-bond donors (Lipinski definition) is 2. The Labute approximate surface area is 94.2 Å². The first-order valence-electron chi connectivity index (χ1n) is 5.16. The first-order chi connectivity index (χ1) is 7.48. The second kappa shape index (κ2) is 3.49. The summed E-state index contributed by atoms with van der Waals surface area (Å²) in [6.07, 6.45) is 0.252. The van der Waals surface area contributed by atoms with E-state index in [2.05, 4.69) is 10.1 Å². The summed E-state index contributed by atoms with van der Waals surface area (Å²) in [6, 6.07) is 3.95. The fraction of sp³-hybridized carbons (Fsp3) is 0.417. The molecule has 1 heterocycles. The molecule has 1 aromatic carbocycles. The number of methoxy groups -OCH3 is 1. The average molecular weight is 221 g/mol. The highest BCUT2D eigenvalue weighted by molar-refractivity contribution is 5.86. The van der Waals surface area contributed by atoms with E-state index in [1.54, 1.807) is 0 Å². The van der Waals surface area contributed by atoms with Crippen LogP contribution in [0.15, 0.2) is 12.1 Å². The zero-order chi connectivity index (χ0) is 11.9. The molecule has 4 nitrogen and oxygen atoms in total. The van der Waals surface area contributed by atoms with Crippen molar-refractivity contribution < 1.29 is 14.6 Å². The zero-order valence-electron chi connectivity index (χ0n) is 9.63. The van der Waals surface area contributed by atoms with Crippen molar-refractivity contribution >= 4 is 11.7 Å². The Kier molecular flexibility index (Phi) is 2.39. The Hall–Kier alpha value is -1.55. The summed E-state index contributed by atoms with van der Waals surface area (Å²) in [5, 5.41) is 13.0. The number of carbonyl (C=O) groups is 1. The van der Waals surface area contributed by atoms with E-state index in [9.17, 15) is 9.90 Å². The normalized spacial score (nSPS) is 22.5. The summed E-state index contributed by atoms with van der Waals surface area (Å²) in [6.45, 7) is 3.90. The number of benzene rings is 1. The van der Waals surface area contributed by atoms with Crippen LogP contribution in [0, 0.1) is 13.8 Å². The third kappa shape index (κ3) is 1.46. The van der Waals surface area contributed by atoms with Gasteiger partial charge in [-0.15, -0.1) is 0 Å². The van der Waals surface area contributed by atoms with Crippen LogP contribution in [0.3, 0.4) is 0 Å². The molecule has 0 saturated heterocycles. The number of carbonyl (C=O) groups excluding carboxylic acids is 1. The number of anilines is 1. The highest BCUT2D eigenvalue weighted by atomic mass is 16.5. The maximum absolute atomic E-state index is 11.5. The van der Waals surface area contributed by atoms with E-state index in [-0.39, 0.29) is 6.42 Å². The fourth-order valence-corrected chi connectivity index (χ4v) is 2.07. The molecule has 1 atom stereocenters. The lowest BCUT2D eigenvalue weighted by Gasteiger charge is -2.20. The number of nitrogens with one attached hydrogen (secondary N) is 1. The van der Waals surface area contributed by atoms with Gasteiger partial charge in [-0.1, -0.05) is 12.1 Å². The Bertz CT molecular complexity index is 423. The Morgan fingerprint density at radius 2 is 2.06 bits per heavy atom. The van der Waals surface area contributed by atoms with Gasteiger partial charge in [0.2, 0.25) is 5.72 Å². The monoisotopic (exact) mass is 221 g/mol. The topological polar surface area (TPSA) is 58.6 Å². The molecule has 1 aromatic rings. The minimum absolute atomic E-state index is 0.252. The van der Waals surface area contributed by atoms with Crippen molar-refractivity contribution in [3.05, 3.63) is 28.8 Å². The van der Waals surface area contributed by atoms with Gasteiger partial charge >= 0.3 is 5.97 Å². The van der Waals surface area contributed by atoms with Gasteiger partial charge in [0, 0.05) is 12.1 Å². The van der Waals surface area contributed by atoms with E-state index in [1.807, 2.05) is 26.0 Å². The van der Waals surface area contributed by atoms with Crippen molar-refractivity contribution in [2.75, 3.05) is 12.4 Å². The second-order valence-corrected chi connectivity index (χ2v) is 4.21. The van der Waals surface area contributed by atoms with Crippen LogP contribution in [0.4, 0.5) is 5.69 Å². The van der Waals surface area contributed by atoms with E-state index in [4.69, 9.17) is 0 Å². The molecule has 16 heavy (non-hydrogen) atoms. The average Bonchev–Trinajstić information content (AvgIpc) is 2.63. The van der Waals surface area contributed by atoms with Crippen molar-refractivity contribution in [1.29, 1.82) is 0 Å². The van der Waals surface area contributed by atoms with Gasteiger partial charge in [0.25, 0.3) is 0 Å². The van der Waals surface area contributed by atoms with Gasteiger partial charge in [0.1, 0.15) is 0 Å². The molecule has 0 bridgehead atoms. The molecule has 0 aromatic heterocycles. The Morgan fingerprint density at radius 3 is 2.62 bits per heavy atom. The van der Waals surface area contributed by atoms with E-state index in [1.165, 1.54) is 7.11 Å². The molecule has 86 valence electrons. The number of esters is 1. The van der Waals surface area contributed by atoms with E-state index < -0.39 is 11.7 Å². The lowest BCUT2D eigenvalue weighted by atomic mass is 10.0. The molecule has 0 fully saturated rings. The van der Waals surface area contributed by atoms with E-state index in [0.717, 1.165) is 22.4 Å². The van der Waals surface area contributed by atoms with Gasteiger partial charge in [-0.2, -0.15) is 0 Å². The SMILES string of the molecule is COC(=O)C1(O)Cc2c(C)ccc(C)c2N1. The third-order valence-electron chi connectivity index (χ3n) is 3.04. The summed E-state index contributed by atoms with van der Waals surface area (Å²) in [5.74, 6) is -0.650. The van der Waals surface area contributed by atoms with E-state index >= 15 is 0 Å². The van der Waals surface area contributed by atoms with Gasteiger partial charge in [-0.3, -0.25) is 0 Å². The first kappa shape index (κ1) is 11.0. The number of ether oxygens (including phenoxy) is 1. The van der Waals surface area contributed by atoms with Gasteiger partial charge in [0.05, 0.1) is 7.11 Å². The van der Waals surface area contributed by atoms with Crippen molar-refractivity contribution in [3.63, 3.8) is 0 Å². The van der Waals surface area contributed by atoms with Crippen molar-refractivity contribution in [2.45, 2.75) is 26.0 Å². The Balaban J connectivity index is 2.44. The summed E-state index contributed by atoms with van der Waals surface area (Å²) >= 11 is 0. The zero-order valence-corrected chi connectivity index (χ0v) is 9.63. The maximum atomic E-state index is 11.5. The number of aryl methyl sites for hydroxylation is 2. The standard InChI is InChI=1S/C12H15NO3/c1-7-4-5-8(2)10-9(7)6-12(15,13-10)11(14)16-3/h4-5,13,15H,6H2,1-3H3. The van der Waals surface area contributed by atoms with Crippen molar-refractivity contribution in [1.82, 2.24) is 0 Å². The molecular weight excluding hydrogens is 206 g/mol. The number of aliphatic hydroxyl groups is 1. The molecule has 1 aliphatic heterocycles. The molecule has 1 unspecified atom stereocenters. The number of hydrogen-bond acceptors (Lipinski definition) is 4. The number of fused-ring (bicyclic) bond motifs is 1. The third-order valence-corrected chi connectivity index (χ3v) is 3.04. The van der Waals surface area contributed by atoms with Crippen LogP contribution >= 0.6 is 0 Å². The van der Waals surface area contributed by atoms with Crippen LogP contribution in [0.2, 0.25) is 0 Å². The molecule has 0 aliphatic carbocycles. The number of rotatable bonds is 1. The van der Waals surface area contributed by atoms with Gasteiger partial charge in [-0.05, 0) is 30.5 Å². The molecular formula is C12H15NO3. The van der Waals surface area contributed by atoms with Crippen LogP contribution in [0.5, 0.6) is 0 Å². The van der Waals surface area contributed by atoms with E-state index in [0.29, 0.717) is 0 Å². The van der Waals surface area contributed by atoms with Crippen molar-refractivity contribution in [3.8, 4) is 0 Å². The quantitative estimate of drug-likeness (QED) is 0.698. The highest BCUT2D eigenvalue weighted by Crippen LogP contribution is 2.36. The fourth-order valence-electron chi connectivity index (χ4n) is 2.07. The summed E-state index contributed by atoms with van der Waals surface area (Å²) in [4.78, 5) is 11.5. The molecule has 0 amide bonds. The second-order valence-electron chi connectivity index (χ2n) is 4.21. The molecule has 0 spiro atoms. The van der Waals surface area contributed by atoms with Crippen LogP contribution in [0.25, 0.3) is 0 Å². The van der Waals surface area contributed by atoms with Gasteiger partial charge in [0.15, 0.2) is 0 Å². The summed E-state index contributed by atoms with van der Waals surface area (Å²) in [5.41, 5.74) is 2.28. The maximum Gasteiger partial charge on any atom is 0.359 e. The van der Waals surface area contributed by atoms with Crippen molar-refractivity contribution in [2.24, 2.45) is 0 Å². The minimum atomic E-state index is -1.62. The van der Waals surface area contributed by atoms with Crippen LogP contribution in [0.1, 0.15) is 16.7 Å². The molecule has 2 N–H and O–H groups in total. The molecule has 2 rings (SSSR count). The predicted molar refractivity (Wildman–Crippen MR) is 60.2 cm³/mol. The van der Waals surface area contributed by atoms with Crippen LogP contribution in [-0.2, 0) is 16.0 Å². The smallest absolute Gasteiger partial charge is 0.359 e. The van der Waals surface area contributed by atoms with Crippen LogP contribution < -0.4 is 5.32 Å². The minimum Gasteiger partial charge on any atom is -0.465 e. The molecule has 1 aliphatic rings. The summed E-state index contributed by atoms with van der Waals surface area (Å²) < 4.78 is 4.60.